The second kappa shape index (κ2) is 9.75. The van der Waals surface area contributed by atoms with Crippen LogP contribution in [0.4, 0.5) is 0 Å². The molecule has 0 spiro atoms. The van der Waals surface area contributed by atoms with Crippen LogP contribution in [0, 0.1) is 0 Å². The first kappa shape index (κ1) is 21.1. The Balaban J connectivity index is 1.39. The lowest BCUT2D eigenvalue weighted by molar-refractivity contribution is -0.131. The van der Waals surface area contributed by atoms with Gasteiger partial charge in [0.25, 0.3) is 0 Å². The number of carbonyl (C=O) groups is 1. The van der Waals surface area contributed by atoms with E-state index in [1.54, 1.807) is 11.8 Å². The van der Waals surface area contributed by atoms with E-state index in [4.69, 9.17) is 9.47 Å². The summed E-state index contributed by atoms with van der Waals surface area (Å²) in [6.07, 6.45) is 5.14. The Kier molecular flexibility index (Phi) is 6.85. The fourth-order valence-corrected chi connectivity index (χ4v) is 4.58. The van der Waals surface area contributed by atoms with E-state index >= 15 is 0 Å². The van der Waals surface area contributed by atoms with Gasteiger partial charge in [-0.25, -0.2) is 0 Å². The highest BCUT2D eigenvalue weighted by atomic mass is 32.2. The molecule has 2 aliphatic heterocycles. The molecule has 1 fully saturated rings. The third-order valence-corrected chi connectivity index (χ3v) is 6.61. The van der Waals surface area contributed by atoms with E-state index in [1.807, 2.05) is 18.0 Å². The standard InChI is InChI=1S/C24H30N2O3S/c1-25(16-18-6-9-20(30-2)10-7-18)24(27)17-26-12-3-5-21(26)19-8-11-22-23(15-19)29-14-4-13-28-22/h6-11,15,21H,3-5,12-14,16-17H2,1-2H3. The maximum Gasteiger partial charge on any atom is 0.236 e. The maximum absolute atomic E-state index is 12.9. The fraction of sp³-hybridized carbons (Fsp3) is 0.458. The normalized spacial score (nSPS) is 18.8. The summed E-state index contributed by atoms with van der Waals surface area (Å²) in [7, 11) is 1.89. The Bertz CT molecular complexity index is 871. The molecule has 2 aromatic carbocycles. The Hall–Kier alpha value is -2.18. The van der Waals surface area contributed by atoms with Gasteiger partial charge in [-0.2, -0.15) is 0 Å². The van der Waals surface area contributed by atoms with Gasteiger partial charge in [-0.15, -0.1) is 11.8 Å². The molecule has 2 heterocycles. The largest absolute Gasteiger partial charge is 0.490 e. The van der Waals surface area contributed by atoms with Crippen LogP contribution in [0.5, 0.6) is 11.5 Å². The molecule has 0 bridgehead atoms. The van der Waals surface area contributed by atoms with Crippen LogP contribution in [0.1, 0.15) is 36.4 Å². The zero-order valence-electron chi connectivity index (χ0n) is 17.8. The highest BCUT2D eigenvalue weighted by molar-refractivity contribution is 7.98. The van der Waals surface area contributed by atoms with Gasteiger partial charge in [-0.1, -0.05) is 18.2 Å². The molecule has 6 heteroatoms. The number of likely N-dealkylation sites (N-methyl/N-ethyl adjacent to an activating group) is 1. The van der Waals surface area contributed by atoms with Crippen LogP contribution < -0.4 is 9.47 Å². The summed E-state index contributed by atoms with van der Waals surface area (Å²) >= 11 is 1.73. The van der Waals surface area contributed by atoms with Crippen molar-refractivity contribution in [2.45, 2.75) is 36.7 Å². The van der Waals surface area contributed by atoms with E-state index in [0.717, 1.165) is 42.9 Å². The number of hydrogen-bond donors (Lipinski definition) is 0. The van der Waals surface area contributed by atoms with Gasteiger partial charge in [0.1, 0.15) is 0 Å². The van der Waals surface area contributed by atoms with Gasteiger partial charge in [-0.3, -0.25) is 9.69 Å². The van der Waals surface area contributed by atoms with Crippen molar-refractivity contribution in [3.05, 3.63) is 53.6 Å². The van der Waals surface area contributed by atoms with Crippen molar-refractivity contribution in [1.29, 1.82) is 0 Å². The van der Waals surface area contributed by atoms with Crippen LogP contribution in [0.15, 0.2) is 47.4 Å². The lowest BCUT2D eigenvalue weighted by Gasteiger charge is -2.27. The molecule has 4 rings (SSSR count). The van der Waals surface area contributed by atoms with Crippen molar-refractivity contribution in [3.8, 4) is 11.5 Å². The number of thioether (sulfide) groups is 1. The van der Waals surface area contributed by atoms with E-state index in [2.05, 4.69) is 47.6 Å². The van der Waals surface area contributed by atoms with Crippen LogP contribution in [-0.4, -0.2) is 55.3 Å². The van der Waals surface area contributed by atoms with Gasteiger partial charge in [0.2, 0.25) is 5.91 Å². The number of nitrogens with zero attached hydrogens (tertiary/aromatic N) is 2. The average molecular weight is 427 g/mol. The molecular formula is C24H30N2O3S. The number of fused-ring (bicyclic) bond motifs is 1. The van der Waals surface area contributed by atoms with E-state index in [9.17, 15) is 4.79 Å². The van der Waals surface area contributed by atoms with Gasteiger partial charge in [0.15, 0.2) is 11.5 Å². The van der Waals surface area contributed by atoms with Crippen LogP contribution in [0.25, 0.3) is 0 Å². The number of benzene rings is 2. The Morgan fingerprint density at radius 1 is 1.10 bits per heavy atom. The fourth-order valence-electron chi connectivity index (χ4n) is 4.17. The molecule has 1 amide bonds. The van der Waals surface area contributed by atoms with Crippen LogP contribution >= 0.6 is 11.8 Å². The summed E-state index contributed by atoms with van der Waals surface area (Å²) in [6, 6.07) is 14.9. The maximum atomic E-state index is 12.9. The van der Waals surface area contributed by atoms with E-state index in [0.29, 0.717) is 26.3 Å². The van der Waals surface area contributed by atoms with Crippen molar-refractivity contribution in [2.75, 3.05) is 39.6 Å². The first-order valence-electron chi connectivity index (χ1n) is 10.6. The molecule has 5 nitrogen and oxygen atoms in total. The number of carbonyl (C=O) groups excluding carboxylic acids is 1. The molecule has 1 unspecified atom stereocenters. The molecule has 2 aromatic rings. The summed E-state index contributed by atoms with van der Waals surface area (Å²) in [5.41, 5.74) is 2.37. The second-order valence-corrected chi connectivity index (χ2v) is 8.86. The third kappa shape index (κ3) is 4.93. The minimum atomic E-state index is 0.158. The summed E-state index contributed by atoms with van der Waals surface area (Å²) in [5, 5.41) is 0. The lowest BCUT2D eigenvalue weighted by Crippen LogP contribution is -2.37. The number of amides is 1. The molecule has 2 aliphatic rings. The van der Waals surface area contributed by atoms with Crippen LogP contribution in [0.3, 0.4) is 0 Å². The molecule has 0 saturated carbocycles. The molecule has 1 saturated heterocycles. The summed E-state index contributed by atoms with van der Waals surface area (Å²) in [4.78, 5) is 18.3. The molecule has 30 heavy (non-hydrogen) atoms. The smallest absolute Gasteiger partial charge is 0.236 e. The van der Waals surface area contributed by atoms with Crippen LogP contribution in [-0.2, 0) is 11.3 Å². The summed E-state index contributed by atoms with van der Waals surface area (Å²) < 4.78 is 11.6. The van der Waals surface area contributed by atoms with Gasteiger partial charge in [0, 0.05) is 31.0 Å². The summed E-state index contributed by atoms with van der Waals surface area (Å²) in [5.74, 6) is 1.81. The van der Waals surface area contributed by atoms with Crippen molar-refractivity contribution in [1.82, 2.24) is 9.80 Å². The lowest BCUT2D eigenvalue weighted by atomic mass is 10.0. The first-order chi connectivity index (χ1) is 14.6. The Labute approximate surface area is 183 Å². The van der Waals surface area contributed by atoms with Gasteiger partial charge < -0.3 is 14.4 Å². The Morgan fingerprint density at radius 2 is 1.87 bits per heavy atom. The van der Waals surface area contributed by atoms with Crippen molar-refractivity contribution in [3.63, 3.8) is 0 Å². The van der Waals surface area contributed by atoms with Gasteiger partial charge >= 0.3 is 0 Å². The number of rotatable bonds is 6. The molecule has 0 aliphatic carbocycles. The molecule has 0 N–H and O–H groups in total. The highest BCUT2D eigenvalue weighted by Gasteiger charge is 2.29. The second-order valence-electron chi connectivity index (χ2n) is 7.98. The minimum absolute atomic E-state index is 0.158. The van der Waals surface area contributed by atoms with Crippen molar-refractivity contribution in [2.24, 2.45) is 0 Å². The predicted octanol–water partition coefficient (Wildman–Crippen LogP) is 4.37. The highest BCUT2D eigenvalue weighted by Crippen LogP contribution is 2.37. The zero-order chi connectivity index (χ0) is 20.9. The number of hydrogen-bond acceptors (Lipinski definition) is 5. The topological polar surface area (TPSA) is 42.0 Å². The minimum Gasteiger partial charge on any atom is -0.490 e. The predicted molar refractivity (Wildman–Crippen MR) is 120 cm³/mol. The monoisotopic (exact) mass is 426 g/mol. The van der Waals surface area contributed by atoms with Crippen molar-refractivity contribution >= 4 is 17.7 Å². The van der Waals surface area contributed by atoms with Crippen molar-refractivity contribution < 1.29 is 14.3 Å². The molecule has 0 aromatic heterocycles. The quantitative estimate of drug-likeness (QED) is 0.642. The van der Waals surface area contributed by atoms with Gasteiger partial charge in [-0.05, 0) is 61.0 Å². The third-order valence-electron chi connectivity index (χ3n) is 5.86. The average Bonchev–Trinajstić information content (AvgIpc) is 3.09. The van der Waals surface area contributed by atoms with E-state index in [1.165, 1.54) is 10.5 Å². The molecule has 1 atom stereocenters. The van der Waals surface area contributed by atoms with Gasteiger partial charge in [0.05, 0.1) is 19.8 Å². The number of likely N-dealkylation sites (tertiary alicyclic amines) is 1. The summed E-state index contributed by atoms with van der Waals surface area (Å²) in [6.45, 7) is 3.41. The van der Waals surface area contributed by atoms with E-state index in [-0.39, 0.29) is 11.9 Å². The van der Waals surface area contributed by atoms with Crippen LogP contribution in [0.2, 0.25) is 0 Å². The molecule has 0 radical (unpaired) electrons. The molecule has 160 valence electrons. The SMILES string of the molecule is CSc1ccc(CN(C)C(=O)CN2CCCC2c2ccc3c(c2)OCCCO3)cc1. The molecular weight excluding hydrogens is 396 g/mol. The van der Waals surface area contributed by atoms with E-state index < -0.39 is 0 Å². The Morgan fingerprint density at radius 3 is 2.63 bits per heavy atom. The first-order valence-corrected chi connectivity index (χ1v) is 11.9. The zero-order valence-corrected chi connectivity index (χ0v) is 18.6. The number of ether oxygens (including phenoxy) is 2.